The number of nitrogens with one attached hydrogen (secondary N) is 2. The first-order valence-corrected chi connectivity index (χ1v) is 13.9. The van der Waals surface area contributed by atoms with Gasteiger partial charge in [0.2, 0.25) is 11.8 Å². The lowest BCUT2D eigenvalue weighted by atomic mass is 9.44. The average Bonchev–Trinajstić information content (AvgIpc) is 3.19. The zero-order valence-corrected chi connectivity index (χ0v) is 22.5. The number of hydrogen-bond acceptors (Lipinski definition) is 6. The topological polar surface area (TPSA) is 128 Å². The van der Waals surface area contributed by atoms with Gasteiger partial charge < -0.3 is 21.1 Å². The highest BCUT2D eigenvalue weighted by Gasteiger charge is 2.61. The van der Waals surface area contributed by atoms with E-state index in [1.165, 1.54) is 19.3 Å². The van der Waals surface area contributed by atoms with Gasteiger partial charge in [-0.2, -0.15) is 0 Å². The van der Waals surface area contributed by atoms with E-state index in [1.54, 1.807) is 6.92 Å². The van der Waals surface area contributed by atoms with Gasteiger partial charge in [-0.1, -0.05) is 13.8 Å². The lowest BCUT2D eigenvalue weighted by Crippen LogP contribution is -2.56. The summed E-state index contributed by atoms with van der Waals surface area (Å²) in [5.41, 5.74) is 5.10. The molecule has 4 fully saturated rings. The number of Topliss-reactive ketones (excluding diaryl/α,β-unsaturated/α-hetero) is 1. The van der Waals surface area contributed by atoms with E-state index < -0.39 is 23.4 Å². The zero-order chi connectivity index (χ0) is 26.3. The molecular formula is C28H45N3O5. The van der Waals surface area contributed by atoms with E-state index in [0.29, 0.717) is 29.5 Å². The second kappa shape index (κ2) is 10.1. The quantitative estimate of drug-likeness (QED) is 0.459. The maximum Gasteiger partial charge on any atom is 0.325 e. The lowest BCUT2D eigenvalue weighted by molar-refractivity contribution is -0.180. The molecule has 8 heteroatoms. The first-order chi connectivity index (χ1) is 16.9. The van der Waals surface area contributed by atoms with Gasteiger partial charge in [0, 0.05) is 5.92 Å². The van der Waals surface area contributed by atoms with Gasteiger partial charge in [0.25, 0.3) is 0 Å². The molecule has 4 rings (SSSR count). The molecule has 0 spiro atoms. The Hall–Kier alpha value is -1.96. The Morgan fingerprint density at radius 3 is 2.22 bits per heavy atom. The predicted octanol–water partition coefficient (Wildman–Crippen LogP) is 2.73. The van der Waals surface area contributed by atoms with E-state index in [2.05, 4.69) is 24.5 Å². The molecule has 2 amide bonds. The van der Waals surface area contributed by atoms with E-state index >= 15 is 0 Å². The summed E-state index contributed by atoms with van der Waals surface area (Å²) in [5, 5.41) is 4.89. The van der Waals surface area contributed by atoms with Gasteiger partial charge in [-0.05, 0) is 106 Å². The van der Waals surface area contributed by atoms with E-state index in [-0.39, 0.29) is 36.4 Å². The summed E-state index contributed by atoms with van der Waals surface area (Å²) in [6.07, 6.45) is 9.71. The molecule has 0 bridgehead atoms. The lowest BCUT2D eigenvalue weighted by Gasteiger charge is -2.62. The van der Waals surface area contributed by atoms with Gasteiger partial charge in [-0.25, -0.2) is 0 Å². The maximum absolute atomic E-state index is 12.6. The van der Waals surface area contributed by atoms with Gasteiger partial charge in [-0.3, -0.25) is 19.2 Å². The Bertz CT molecular complexity index is 908. The van der Waals surface area contributed by atoms with Crippen LogP contribution in [-0.2, 0) is 23.9 Å². The van der Waals surface area contributed by atoms with Crippen LogP contribution >= 0.6 is 0 Å². The Kier molecular flexibility index (Phi) is 7.58. The predicted molar refractivity (Wildman–Crippen MR) is 135 cm³/mol. The van der Waals surface area contributed by atoms with Crippen LogP contribution in [0.4, 0.5) is 0 Å². The summed E-state index contributed by atoms with van der Waals surface area (Å²) in [4.78, 5) is 48.0. The smallest absolute Gasteiger partial charge is 0.325 e. The van der Waals surface area contributed by atoms with Gasteiger partial charge >= 0.3 is 5.97 Å². The summed E-state index contributed by atoms with van der Waals surface area (Å²) >= 11 is 0. The minimum atomic E-state index is -0.525. The zero-order valence-electron chi connectivity index (χ0n) is 22.5. The van der Waals surface area contributed by atoms with Gasteiger partial charge in [0.05, 0.1) is 13.1 Å². The standard InChI is InChI=1S/C28H45N3O5/c1-17(32)20-7-8-21-19-6-5-18-13-26(2,11-12-27(18,3)22(19)9-10-28(20,21)4)36-25(35)16-31-24(34)15-30-23(33)14-29/h18-22H,5-16,29H2,1-4H3,(H,30,33)(H,31,34)/t18-,19-,20+,21-,22-,26+,27-,28+/m0/s1. The number of hydrogen-bond donors (Lipinski definition) is 3. The minimum absolute atomic E-state index is 0.173. The third-order valence-electron chi connectivity index (χ3n) is 10.8. The molecule has 0 saturated heterocycles. The Morgan fingerprint density at radius 2 is 1.53 bits per heavy atom. The van der Waals surface area contributed by atoms with E-state index in [9.17, 15) is 19.2 Å². The molecule has 0 aromatic rings. The molecule has 0 heterocycles. The molecule has 0 aromatic carbocycles. The Morgan fingerprint density at radius 1 is 0.833 bits per heavy atom. The fourth-order valence-electron chi connectivity index (χ4n) is 8.97. The average molecular weight is 504 g/mol. The molecular weight excluding hydrogens is 458 g/mol. The highest BCUT2D eigenvalue weighted by molar-refractivity contribution is 5.87. The molecule has 0 unspecified atom stereocenters. The van der Waals surface area contributed by atoms with Gasteiger partial charge in [0.15, 0.2) is 0 Å². The largest absolute Gasteiger partial charge is 0.458 e. The fourth-order valence-corrected chi connectivity index (χ4v) is 8.97. The minimum Gasteiger partial charge on any atom is -0.458 e. The van der Waals surface area contributed by atoms with Crippen molar-refractivity contribution in [1.82, 2.24) is 10.6 Å². The number of rotatable bonds is 7. The number of carbonyl (C=O) groups excluding carboxylic acids is 4. The van der Waals surface area contributed by atoms with Crippen molar-refractivity contribution in [1.29, 1.82) is 0 Å². The first kappa shape index (κ1) is 27.1. The van der Waals surface area contributed by atoms with Crippen molar-refractivity contribution in [3.8, 4) is 0 Å². The summed E-state index contributed by atoms with van der Waals surface area (Å²) in [6, 6.07) is 0. The van der Waals surface area contributed by atoms with Crippen molar-refractivity contribution < 1.29 is 23.9 Å². The number of fused-ring (bicyclic) bond motifs is 5. The van der Waals surface area contributed by atoms with E-state index in [4.69, 9.17) is 10.5 Å². The van der Waals surface area contributed by atoms with Crippen LogP contribution in [0.2, 0.25) is 0 Å². The monoisotopic (exact) mass is 503 g/mol. The Balaban J connectivity index is 1.34. The van der Waals surface area contributed by atoms with Crippen LogP contribution in [0, 0.1) is 40.4 Å². The SMILES string of the molecule is CC(=O)[C@H]1CC[C@H]2[C@@H]3CC[C@H]4C[C@](C)(OC(=O)CNC(=O)CNC(=O)CN)CC[C@]4(C)[C@H]3CC[C@]12C. The van der Waals surface area contributed by atoms with Crippen molar-refractivity contribution in [2.75, 3.05) is 19.6 Å². The first-order valence-electron chi connectivity index (χ1n) is 13.9. The molecule has 8 nitrogen and oxygen atoms in total. The second-order valence-electron chi connectivity index (χ2n) is 12.8. The summed E-state index contributed by atoms with van der Waals surface area (Å²) < 4.78 is 5.93. The van der Waals surface area contributed by atoms with Crippen molar-refractivity contribution >= 4 is 23.6 Å². The van der Waals surface area contributed by atoms with E-state index in [1.807, 2.05) is 6.92 Å². The normalized spacial score (nSPS) is 41.3. The highest BCUT2D eigenvalue weighted by Crippen LogP contribution is 2.68. The number of amides is 2. The number of ketones is 1. The summed E-state index contributed by atoms with van der Waals surface area (Å²) in [7, 11) is 0. The van der Waals surface area contributed by atoms with Crippen LogP contribution in [0.25, 0.3) is 0 Å². The molecule has 4 aliphatic carbocycles. The van der Waals surface area contributed by atoms with Gasteiger partial charge in [-0.15, -0.1) is 0 Å². The number of ether oxygens (including phenoxy) is 1. The molecule has 0 aliphatic heterocycles. The van der Waals surface area contributed by atoms with Gasteiger partial charge in [0.1, 0.15) is 17.9 Å². The maximum atomic E-state index is 12.6. The van der Waals surface area contributed by atoms with Crippen LogP contribution in [0.15, 0.2) is 0 Å². The molecule has 36 heavy (non-hydrogen) atoms. The molecule has 202 valence electrons. The Labute approximate surface area is 215 Å². The highest BCUT2D eigenvalue weighted by atomic mass is 16.6. The number of nitrogens with two attached hydrogens (primary N) is 1. The van der Waals surface area contributed by atoms with Crippen LogP contribution < -0.4 is 16.4 Å². The molecule has 0 aromatic heterocycles. The second-order valence-corrected chi connectivity index (χ2v) is 12.8. The van der Waals surface area contributed by atoms with Crippen LogP contribution in [0.5, 0.6) is 0 Å². The van der Waals surface area contributed by atoms with Crippen molar-refractivity contribution in [3.63, 3.8) is 0 Å². The van der Waals surface area contributed by atoms with E-state index in [0.717, 1.165) is 38.5 Å². The molecule has 0 radical (unpaired) electrons. The van der Waals surface area contributed by atoms with Crippen molar-refractivity contribution in [3.05, 3.63) is 0 Å². The van der Waals surface area contributed by atoms with Crippen LogP contribution in [0.3, 0.4) is 0 Å². The molecule has 4 aliphatic rings. The third-order valence-corrected chi connectivity index (χ3v) is 10.8. The molecule has 8 atom stereocenters. The third kappa shape index (κ3) is 4.94. The number of carbonyl (C=O) groups is 4. The van der Waals surface area contributed by atoms with Crippen LogP contribution in [-0.4, -0.2) is 48.8 Å². The van der Waals surface area contributed by atoms with Crippen LogP contribution in [0.1, 0.15) is 85.5 Å². The van der Waals surface area contributed by atoms with Crippen molar-refractivity contribution in [2.45, 2.75) is 91.1 Å². The summed E-state index contributed by atoms with van der Waals surface area (Å²) in [5.74, 6) is 1.87. The number of esters is 1. The molecule has 4 N–H and O–H groups in total. The molecule has 4 saturated carbocycles. The van der Waals surface area contributed by atoms with Crippen molar-refractivity contribution in [2.24, 2.45) is 46.2 Å². The summed E-state index contributed by atoms with van der Waals surface area (Å²) in [6.45, 7) is 8.08. The fraction of sp³-hybridized carbons (Fsp3) is 0.857.